The van der Waals surface area contributed by atoms with Gasteiger partial charge < -0.3 is 5.32 Å². The molecule has 0 radical (unpaired) electrons. The fourth-order valence-corrected chi connectivity index (χ4v) is 4.18. The molecule has 1 fully saturated rings. The molecule has 0 atom stereocenters. The fraction of sp³-hybridized carbons (Fsp3) is 0.353. The molecule has 0 unspecified atom stereocenters. The van der Waals surface area contributed by atoms with E-state index in [1.165, 1.54) is 31.2 Å². The van der Waals surface area contributed by atoms with Gasteiger partial charge in [0.15, 0.2) is 0 Å². The lowest BCUT2D eigenvalue weighted by Gasteiger charge is -2.28. The van der Waals surface area contributed by atoms with Gasteiger partial charge in [-0.25, -0.2) is 0 Å². The van der Waals surface area contributed by atoms with E-state index in [2.05, 4.69) is 38.1 Å². The van der Waals surface area contributed by atoms with Crippen LogP contribution in [0, 0.1) is 0 Å². The number of rotatable bonds is 4. The van der Waals surface area contributed by atoms with Crippen molar-refractivity contribution in [1.29, 1.82) is 0 Å². The van der Waals surface area contributed by atoms with Crippen LogP contribution < -0.4 is 5.32 Å². The van der Waals surface area contributed by atoms with Gasteiger partial charge in [-0.05, 0) is 59.5 Å². The smallest absolute Gasteiger partial charge is 0.251 e. The number of hydrogen-bond donors (Lipinski definition) is 1. The zero-order valence-electron chi connectivity index (χ0n) is 11.8. The van der Waals surface area contributed by atoms with E-state index in [4.69, 9.17) is 0 Å². The van der Waals surface area contributed by atoms with E-state index in [1.54, 1.807) is 11.3 Å². The first-order chi connectivity index (χ1) is 10.2. The minimum absolute atomic E-state index is 0.0176. The molecule has 0 saturated heterocycles. The molecule has 0 bridgehead atoms. The second-order valence-electron chi connectivity index (χ2n) is 5.69. The SMILES string of the molecule is O=C(NCC1(c2ccsc2)CCCC1)c1ccc(Br)cc1. The molecule has 21 heavy (non-hydrogen) atoms. The summed E-state index contributed by atoms with van der Waals surface area (Å²) in [6.07, 6.45) is 4.85. The molecule has 110 valence electrons. The minimum atomic E-state index is 0.0176. The molecule has 1 N–H and O–H groups in total. The molecule has 2 nitrogen and oxygen atoms in total. The quantitative estimate of drug-likeness (QED) is 0.833. The van der Waals surface area contributed by atoms with Crippen molar-refractivity contribution in [2.45, 2.75) is 31.1 Å². The molecule has 1 heterocycles. The summed E-state index contributed by atoms with van der Waals surface area (Å²) < 4.78 is 0.990. The Balaban J connectivity index is 1.70. The van der Waals surface area contributed by atoms with Crippen LogP contribution in [0.4, 0.5) is 0 Å². The summed E-state index contributed by atoms with van der Waals surface area (Å²) in [5.74, 6) is 0.0176. The summed E-state index contributed by atoms with van der Waals surface area (Å²) in [5.41, 5.74) is 2.25. The molecule has 1 aliphatic rings. The van der Waals surface area contributed by atoms with Crippen LogP contribution in [0.5, 0.6) is 0 Å². The monoisotopic (exact) mass is 363 g/mol. The van der Waals surface area contributed by atoms with Gasteiger partial charge in [-0.2, -0.15) is 11.3 Å². The van der Waals surface area contributed by atoms with Crippen molar-refractivity contribution in [1.82, 2.24) is 5.32 Å². The molecular weight excluding hydrogens is 346 g/mol. The van der Waals surface area contributed by atoms with E-state index in [-0.39, 0.29) is 11.3 Å². The molecule has 0 spiro atoms. The maximum absolute atomic E-state index is 12.3. The first-order valence-electron chi connectivity index (χ1n) is 7.26. The van der Waals surface area contributed by atoms with Gasteiger partial charge in [-0.1, -0.05) is 28.8 Å². The van der Waals surface area contributed by atoms with Gasteiger partial charge in [0.05, 0.1) is 0 Å². The number of thiophene rings is 1. The van der Waals surface area contributed by atoms with Crippen molar-refractivity contribution >= 4 is 33.2 Å². The Morgan fingerprint density at radius 1 is 1.19 bits per heavy atom. The second kappa shape index (κ2) is 6.32. The van der Waals surface area contributed by atoms with E-state index in [0.717, 1.165) is 16.6 Å². The van der Waals surface area contributed by atoms with Crippen LogP contribution in [0.25, 0.3) is 0 Å². The summed E-state index contributed by atoms with van der Waals surface area (Å²) in [7, 11) is 0. The molecule has 1 saturated carbocycles. The lowest BCUT2D eigenvalue weighted by molar-refractivity contribution is 0.0943. The minimum Gasteiger partial charge on any atom is -0.351 e. The molecule has 1 amide bonds. The van der Waals surface area contributed by atoms with Crippen molar-refractivity contribution in [2.24, 2.45) is 0 Å². The first-order valence-corrected chi connectivity index (χ1v) is 9.00. The molecule has 1 aromatic heterocycles. The molecular formula is C17H18BrNOS. The largest absolute Gasteiger partial charge is 0.351 e. The third-order valence-electron chi connectivity index (χ3n) is 4.39. The first kappa shape index (κ1) is 14.8. The number of amides is 1. The lowest BCUT2D eigenvalue weighted by atomic mass is 9.80. The third-order valence-corrected chi connectivity index (χ3v) is 5.60. The van der Waals surface area contributed by atoms with Gasteiger partial charge in [-0.3, -0.25) is 4.79 Å². The molecule has 1 aliphatic carbocycles. The normalized spacial score (nSPS) is 16.8. The fourth-order valence-electron chi connectivity index (χ4n) is 3.14. The highest BCUT2D eigenvalue weighted by Crippen LogP contribution is 2.41. The van der Waals surface area contributed by atoms with Gasteiger partial charge in [-0.15, -0.1) is 0 Å². The summed E-state index contributed by atoms with van der Waals surface area (Å²) in [4.78, 5) is 12.3. The van der Waals surface area contributed by atoms with Gasteiger partial charge in [0.2, 0.25) is 0 Å². The Bertz CT molecular complexity index is 600. The van der Waals surface area contributed by atoms with Crippen LogP contribution >= 0.6 is 27.3 Å². The highest BCUT2D eigenvalue weighted by atomic mass is 79.9. The number of benzene rings is 1. The van der Waals surface area contributed by atoms with Gasteiger partial charge in [0.1, 0.15) is 0 Å². The maximum atomic E-state index is 12.3. The van der Waals surface area contributed by atoms with Crippen molar-refractivity contribution in [2.75, 3.05) is 6.54 Å². The Labute approximate surface area is 137 Å². The zero-order valence-corrected chi connectivity index (χ0v) is 14.2. The summed E-state index contributed by atoms with van der Waals surface area (Å²) in [6, 6.07) is 9.72. The highest BCUT2D eigenvalue weighted by molar-refractivity contribution is 9.10. The van der Waals surface area contributed by atoms with Crippen molar-refractivity contribution in [3.8, 4) is 0 Å². The number of carbonyl (C=O) groups is 1. The molecule has 2 aromatic rings. The van der Waals surface area contributed by atoms with E-state index in [1.807, 2.05) is 24.3 Å². The van der Waals surface area contributed by atoms with Crippen LogP contribution in [0.3, 0.4) is 0 Å². The highest BCUT2D eigenvalue weighted by Gasteiger charge is 2.36. The van der Waals surface area contributed by atoms with Crippen LogP contribution in [0.15, 0.2) is 45.6 Å². The van der Waals surface area contributed by atoms with Crippen molar-refractivity contribution in [3.05, 3.63) is 56.7 Å². The summed E-state index contributed by atoms with van der Waals surface area (Å²) >= 11 is 5.13. The van der Waals surface area contributed by atoms with Crippen LogP contribution in [-0.4, -0.2) is 12.5 Å². The predicted molar refractivity (Wildman–Crippen MR) is 90.9 cm³/mol. The number of halogens is 1. The number of nitrogens with one attached hydrogen (secondary N) is 1. The Morgan fingerprint density at radius 3 is 2.52 bits per heavy atom. The summed E-state index contributed by atoms with van der Waals surface area (Å²) in [5, 5.41) is 7.50. The zero-order chi connectivity index (χ0) is 14.7. The molecule has 4 heteroatoms. The maximum Gasteiger partial charge on any atom is 0.251 e. The topological polar surface area (TPSA) is 29.1 Å². The third kappa shape index (κ3) is 3.22. The predicted octanol–water partition coefficient (Wildman–Crippen LogP) is 4.75. The van der Waals surface area contributed by atoms with E-state index >= 15 is 0 Å². The van der Waals surface area contributed by atoms with Crippen LogP contribution in [0.2, 0.25) is 0 Å². The van der Waals surface area contributed by atoms with Gasteiger partial charge >= 0.3 is 0 Å². The molecule has 1 aromatic carbocycles. The van der Waals surface area contributed by atoms with E-state index in [0.29, 0.717) is 0 Å². The Morgan fingerprint density at radius 2 is 1.90 bits per heavy atom. The Kier molecular flexibility index (Phi) is 4.45. The van der Waals surface area contributed by atoms with Gasteiger partial charge in [0, 0.05) is 22.0 Å². The summed E-state index contributed by atoms with van der Waals surface area (Å²) in [6.45, 7) is 0.735. The number of carbonyl (C=O) groups excluding carboxylic acids is 1. The molecule has 3 rings (SSSR count). The Hall–Kier alpha value is -1.13. The van der Waals surface area contributed by atoms with Crippen LogP contribution in [0.1, 0.15) is 41.6 Å². The van der Waals surface area contributed by atoms with Crippen molar-refractivity contribution < 1.29 is 4.79 Å². The van der Waals surface area contributed by atoms with Gasteiger partial charge in [0.25, 0.3) is 5.91 Å². The number of hydrogen-bond acceptors (Lipinski definition) is 2. The van der Waals surface area contributed by atoms with E-state index < -0.39 is 0 Å². The molecule has 0 aliphatic heterocycles. The van der Waals surface area contributed by atoms with Crippen LogP contribution in [-0.2, 0) is 5.41 Å². The van der Waals surface area contributed by atoms with E-state index in [9.17, 15) is 4.79 Å². The average molecular weight is 364 g/mol. The standard InChI is InChI=1S/C17H18BrNOS/c18-15-5-3-13(4-6-15)16(20)19-12-17(8-1-2-9-17)14-7-10-21-11-14/h3-7,10-11H,1-2,8-9,12H2,(H,19,20). The average Bonchev–Trinajstić information content (AvgIpc) is 3.17. The second-order valence-corrected chi connectivity index (χ2v) is 7.38. The van der Waals surface area contributed by atoms with Crippen molar-refractivity contribution in [3.63, 3.8) is 0 Å². The lowest BCUT2D eigenvalue weighted by Crippen LogP contribution is -2.38.